The molecule has 0 bridgehead atoms. The molecule has 1 amide bonds. The minimum Gasteiger partial charge on any atom is -0.456 e. The molecule has 2 aromatic rings. The summed E-state index contributed by atoms with van der Waals surface area (Å²) in [6.45, 7) is 3.33. The number of ketones is 1. The van der Waals surface area contributed by atoms with Crippen LogP contribution < -0.4 is 5.32 Å². The lowest BCUT2D eigenvalue weighted by Gasteiger charge is -2.20. The smallest absolute Gasteiger partial charge is 0.329 e. The lowest BCUT2D eigenvalue weighted by molar-refractivity contribution is -0.145. The number of hydrogen-bond acceptors (Lipinski definition) is 5. The van der Waals surface area contributed by atoms with Gasteiger partial charge >= 0.3 is 5.97 Å². The van der Waals surface area contributed by atoms with Gasteiger partial charge in [0.15, 0.2) is 12.4 Å². The summed E-state index contributed by atoms with van der Waals surface area (Å²) in [6.07, 6.45) is 4.37. The molecule has 1 N–H and O–H groups in total. The van der Waals surface area contributed by atoms with Gasteiger partial charge < -0.3 is 10.1 Å². The number of Topliss-reactive ketones (excluding diaryl/α,β-unsaturated/α-hetero) is 1. The second-order valence-corrected chi connectivity index (χ2v) is 8.34. The Morgan fingerprint density at radius 2 is 1.86 bits per heavy atom. The van der Waals surface area contributed by atoms with Gasteiger partial charge in [0, 0.05) is 5.56 Å². The predicted molar refractivity (Wildman–Crippen MR) is 109 cm³/mol. The first-order valence-electron chi connectivity index (χ1n) is 9.61. The number of esters is 1. The van der Waals surface area contributed by atoms with Crippen molar-refractivity contribution in [3.8, 4) is 0 Å². The van der Waals surface area contributed by atoms with E-state index in [-0.39, 0.29) is 24.2 Å². The summed E-state index contributed by atoms with van der Waals surface area (Å²) in [6, 6.07) is 8.40. The van der Waals surface area contributed by atoms with Gasteiger partial charge in [0.1, 0.15) is 6.04 Å². The Labute approximate surface area is 169 Å². The molecule has 5 nitrogen and oxygen atoms in total. The van der Waals surface area contributed by atoms with E-state index < -0.39 is 12.0 Å². The van der Waals surface area contributed by atoms with Crippen molar-refractivity contribution in [2.75, 3.05) is 6.61 Å². The maximum Gasteiger partial charge on any atom is 0.329 e. The number of benzene rings is 1. The number of carbonyl (C=O) groups excluding carboxylic acids is 3. The Balaban J connectivity index is 1.59. The van der Waals surface area contributed by atoms with Crippen LogP contribution in [0.5, 0.6) is 0 Å². The molecular formula is C22H25NO4S. The van der Waals surface area contributed by atoms with E-state index in [4.69, 9.17) is 4.74 Å². The molecule has 1 aliphatic rings. The number of nitrogens with one attached hydrogen (secondary N) is 1. The van der Waals surface area contributed by atoms with Gasteiger partial charge in [-0.1, -0.05) is 32.0 Å². The van der Waals surface area contributed by atoms with Crippen molar-refractivity contribution >= 4 is 29.0 Å². The van der Waals surface area contributed by atoms with Crippen LogP contribution in [0.25, 0.3) is 0 Å². The molecule has 148 valence electrons. The third kappa shape index (κ3) is 4.87. The van der Waals surface area contributed by atoms with Crippen molar-refractivity contribution in [1.82, 2.24) is 5.32 Å². The number of aryl methyl sites for hydroxylation is 2. The second-order valence-electron chi connectivity index (χ2n) is 7.39. The minimum absolute atomic E-state index is 0.157. The number of ether oxygens (including phenoxy) is 1. The van der Waals surface area contributed by atoms with Gasteiger partial charge in [-0.05, 0) is 60.2 Å². The average molecular weight is 400 g/mol. The first-order valence-corrected chi connectivity index (χ1v) is 10.5. The zero-order valence-electron chi connectivity index (χ0n) is 16.2. The maximum absolute atomic E-state index is 12.5. The number of amides is 1. The molecule has 1 aliphatic carbocycles. The van der Waals surface area contributed by atoms with E-state index in [1.165, 1.54) is 28.9 Å². The minimum atomic E-state index is -0.800. The monoisotopic (exact) mass is 399 g/mol. The van der Waals surface area contributed by atoms with Gasteiger partial charge in [0.25, 0.3) is 5.91 Å². The number of thiophene rings is 1. The molecule has 0 aliphatic heterocycles. The molecule has 3 rings (SSSR count). The van der Waals surface area contributed by atoms with Crippen LogP contribution in [0.3, 0.4) is 0 Å². The largest absolute Gasteiger partial charge is 0.456 e. The summed E-state index contributed by atoms with van der Waals surface area (Å²) in [5.41, 5.74) is 3.08. The quantitative estimate of drug-likeness (QED) is 0.568. The highest BCUT2D eigenvalue weighted by atomic mass is 32.1. The highest BCUT2D eigenvalue weighted by Gasteiger charge is 2.27. The molecule has 0 saturated carbocycles. The van der Waals surface area contributed by atoms with E-state index >= 15 is 0 Å². The molecule has 1 atom stereocenters. The van der Waals surface area contributed by atoms with Crippen LogP contribution in [0.1, 0.15) is 57.8 Å². The molecule has 1 heterocycles. The van der Waals surface area contributed by atoms with Gasteiger partial charge in [-0.25, -0.2) is 4.79 Å². The van der Waals surface area contributed by atoms with Crippen molar-refractivity contribution in [3.63, 3.8) is 0 Å². The fraction of sp³-hybridized carbons (Fsp3) is 0.409. The maximum atomic E-state index is 12.5. The molecule has 0 fully saturated rings. The summed E-state index contributed by atoms with van der Waals surface area (Å²) in [4.78, 5) is 37.7. The molecular weight excluding hydrogens is 374 g/mol. The van der Waals surface area contributed by atoms with Gasteiger partial charge in [-0.3, -0.25) is 9.59 Å². The second kappa shape index (κ2) is 9.15. The van der Waals surface area contributed by atoms with E-state index in [1.54, 1.807) is 23.6 Å². The van der Waals surface area contributed by atoms with Gasteiger partial charge in [-0.15, -0.1) is 11.3 Å². The Hall–Kier alpha value is -2.47. The Kier molecular flexibility index (Phi) is 6.62. The van der Waals surface area contributed by atoms with Gasteiger partial charge in [-0.2, -0.15) is 0 Å². The highest BCUT2D eigenvalue weighted by molar-refractivity contribution is 7.12. The van der Waals surface area contributed by atoms with Crippen LogP contribution in [0.4, 0.5) is 0 Å². The highest BCUT2D eigenvalue weighted by Crippen LogP contribution is 2.22. The molecule has 28 heavy (non-hydrogen) atoms. The first-order chi connectivity index (χ1) is 13.5. The van der Waals surface area contributed by atoms with E-state index in [1.807, 2.05) is 26.0 Å². The normalized spacial score (nSPS) is 14.2. The summed E-state index contributed by atoms with van der Waals surface area (Å²) in [7, 11) is 0. The zero-order chi connectivity index (χ0) is 20.1. The predicted octanol–water partition coefficient (Wildman–Crippen LogP) is 3.81. The van der Waals surface area contributed by atoms with Crippen LogP contribution in [0, 0.1) is 5.92 Å². The molecule has 0 saturated heterocycles. The van der Waals surface area contributed by atoms with E-state index in [0.717, 1.165) is 19.3 Å². The zero-order valence-corrected chi connectivity index (χ0v) is 17.0. The van der Waals surface area contributed by atoms with Crippen molar-refractivity contribution < 1.29 is 19.1 Å². The summed E-state index contributed by atoms with van der Waals surface area (Å²) < 4.78 is 5.24. The van der Waals surface area contributed by atoms with Crippen LogP contribution in [0.15, 0.2) is 35.7 Å². The lowest BCUT2D eigenvalue weighted by atomic mass is 9.90. The van der Waals surface area contributed by atoms with Gasteiger partial charge in [0.05, 0.1) is 4.88 Å². The van der Waals surface area contributed by atoms with Crippen LogP contribution >= 0.6 is 11.3 Å². The molecule has 1 aromatic heterocycles. The third-order valence-electron chi connectivity index (χ3n) is 4.97. The van der Waals surface area contributed by atoms with E-state index in [0.29, 0.717) is 10.4 Å². The number of carbonyl (C=O) groups is 3. The number of hydrogen-bond donors (Lipinski definition) is 1. The van der Waals surface area contributed by atoms with Crippen LogP contribution in [-0.2, 0) is 22.4 Å². The number of rotatable bonds is 7. The molecule has 1 aromatic carbocycles. The first kappa shape index (κ1) is 20.3. The number of fused-ring (bicyclic) bond motifs is 1. The average Bonchev–Trinajstić information content (AvgIpc) is 3.24. The van der Waals surface area contributed by atoms with Crippen LogP contribution in [0.2, 0.25) is 0 Å². The summed E-state index contributed by atoms with van der Waals surface area (Å²) in [5, 5.41) is 4.51. The third-order valence-corrected chi connectivity index (χ3v) is 5.84. The van der Waals surface area contributed by atoms with Crippen molar-refractivity contribution in [2.45, 2.75) is 45.6 Å². The summed E-state index contributed by atoms with van der Waals surface area (Å²) in [5.74, 6) is -1.29. The van der Waals surface area contributed by atoms with E-state index in [9.17, 15) is 14.4 Å². The van der Waals surface area contributed by atoms with Crippen molar-refractivity contribution in [2.24, 2.45) is 5.92 Å². The van der Waals surface area contributed by atoms with Crippen molar-refractivity contribution in [3.05, 3.63) is 57.3 Å². The van der Waals surface area contributed by atoms with Crippen molar-refractivity contribution in [1.29, 1.82) is 0 Å². The summed E-state index contributed by atoms with van der Waals surface area (Å²) >= 11 is 1.30. The van der Waals surface area contributed by atoms with E-state index in [2.05, 4.69) is 5.32 Å². The SMILES string of the molecule is CC(C)[C@@H](NC(=O)c1cccs1)C(=O)OCC(=O)c1ccc2c(c1)CCCC2. The fourth-order valence-electron chi connectivity index (χ4n) is 3.33. The fourth-order valence-corrected chi connectivity index (χ4v) is 3.96. The Morgan fingerprint density at radius 1 is 1.11 bits per heavy atom. The topological polar surface area (TPSA) is 72.5 Å². The standard InChI is InChI=1S/C22H25NO4S/c1-14(2)20(23-21(25)19-8-5-11-28-19)22(26)27-13-18(24)17-10-9-15-6-3-4-7-16(15)12-17/h5,8-12,14,20H,3-4,6-7,13H2,1-2H3,(H,23,25)/t20-/m1/s1. The molecule has 6 heteroatoms. The Morgan fingerprint density at radius 3 is 2.54 bits per heavy atom. The molecule has 0 unspecified atom stereocenters. The lowest BCUT2D eigenvalue weighted by Crippen LogP contribution is -2.45. The Bertz CT molecular complexity index is 857. The molecule has 0 spiro atoms. The molecule has 0 radical (unpaired) electrons. The van der Waals surface area contributed by atoms with Crippen LogP contribution in [-0.4, -0.2) is 30.3 Å². The van der Waals surface area contributed by atoms with Gasteiger partial charge in [0.2, 0.25) is 0 Å².